The van der Waals surface area contributed by atoms with Crippen molar-refractivity contribution in [2.75, 3.05) is 6.61 Å². The van der Waals surface area contributed by atoms with E-state index in [1.54, 1.807) is 12.3 Å². The van der Waals surface area contributed by atoms with Crippen LogP contribution in [0.5, 0.6) is 0 Å². The molecule has 3 nitrogen and oxygen atoms in total. The van der Waals surface area contributed by atoms with Crippen LogP contribution in [-0.4, -0.2) is 16.6 Å². The molecule has 0 aromatic carbocycles. The summed E-state index contributed by atoms with van der Waals surface area (Å²) in [4.78, 5) is 3.99. The lowest BCUT2D eigenvalue weighted by molar-refractivity contribution is 0.358. The Morgan fingerprint density at radius 3 is 2.76 bits per heavy atom. The van der Waals surface area contributed by atoms with E-state index in [1.165, 1.54) is 0 Å². The molecule has 0 saturated carbocycles. The monoisotopic (exact) mass is 270 g/mol. The van der Waals surface area contributed by atoms with Crippen LogP contribution in [0.3, 0.4) is 0 Å². The van der Waals surface area contributed by atoms with Gasteiger partial charge in [0.05, 0.1) is 5.70 Å². The zero-order valence-corrected chi connectivity index (χ0v) is 11.4. The molecule has 0 atom stereocenters. The third-order valence-electron chi connectivity index (χ3n) is 1.97. The van der Waals surface area contributed by atoms with Crippen molar-refractivity contribution in [2.24, 2.45) is 0 Å². The first-order valence-corrected chi connectivity index (χ1v) is 6.24. The second kappa shape index (κ2) is 7.25. The van der Waals surface area contributed by atoms with Gasteiger partial charge in [-0.15, -0.1) is 0 Å². The second-order valence-corrected chi connectivity index (χ2v) is 3.91. The maximum absolute atomic E-state index is 5.68. The molecule has 1 aliphatic heterocycles. The fourth-order valence-corrected chi connectivity index (χ4v) is 1.52. The molecular weight excluding hydrogens is 256 g/mol. The molecule has 0 radical (unpaired) electrons. The molecule has 1 N–H and O–H groups in total. The van der Waals surface area contributed by atoms with Crippen molar-refractivity contribution in [1.82, 2.24) is 10.3 Å². The molecule has 0 fully saturated rings. The van der Waals surface area contributed by atoms with E-state index in [1.807, 2.05) is 26.0 Å². The van der Waals surface area contributed by atoms with Crippen LogP contribution in [0.2, 0.25) is 5.15 Å². The summed E-state index contributed by atoms with van der Waals surface area (Å²) in [5.74, 6) is 0. The van der Waals surface area contributed by atoms with E-state index in [0.717, 1.165) is 11.3 Å². The van der Waals surface area contributed by atoms with Gasteiger partial charge in [-0.3, -0.25) is 0 Å². The number of nitrogens with one attached hydrogen (secondary N) is 1. The largest absolute Gasteiger partial charge is 0.477 e. The zero-order valence-electron chi connectivity index (χ0n) is 9.87. The Hall–Kier alpha value is -1.13. The number of halogens is 1. The Bertz CT molecular complexity index is 403. The average molecular weight is 271 g/mol. The van der Waals surface area contributed by atoms with Crippen LogP contribution >= 0.6 is 23.8 Å². The molecule has 0 unspecified atom stereocenters. The summed E-state index contributed by atoms with van der Waals surface area (Å²) in [5.41, 5.74) is 2.06. The molecular formula is C12H15ClN2OS. The number of nitrogens with zero attached hydrogens (tertiary/aromatic N) is 1. The van der Waals surface area contributed by atoms with Gasteiger partial charge in [0.15, 0.2) is 5.05 Å². The first-order valence-electron chi connectivity index (χ1n) is 5.46. The number of hydrogen-bond donors (Lipinski definition) is 1. The van der Waals surface area contributed by atoms with E-state index >= 15 is 0 Å². The highest BCUT2D eigenvalue weighted by molar-refractivity contribution is 7.80. The van der Waals surface area contributed by atoms with Gasteiger partial charge in [-0.05, 0) is 23.8 Å². The van der Waals surface area contributed by atoms with E-state index in [-0.39, 0.29) is 0 Å². The minimum atomic E-state index is 0.503. The van der Waals surface area contributed by atoms with Crippen molar-refractivity contribution in [3.8, 4) is 0 Å². The van der Waals surface area contributed by atoms with Crippen molar-refractivity contribution in [1.29, 1.82) is 0 Å². The van der Waals surface area contributed by atoms with Crippen LogP contribution in [0.1, 0.15) is 19.4 Å². The minimum absolute atomic E-state index is 0.503. The van der Waals surface area contributed by atoms with Crippen LogP contribution < -0.4 is 5.32 Å². The molecule has 17 heavy (non-hydrogen) atoms. The molecule has 92 valence electrons. The summed E-state index contributed by atoms with van der Waals surface area (Å²) in [5, 5.41) is 4.25. The molecule has 2 rings (SSSR count). The minimum Gasteiger partial charge on any atom is -0.477 e. The summed E-state index contributed by atoms with van der Waals surface area (Å²) in [6.45, 7) is 5.22. The van der Waals surface area contributed by atoms with Crippen LogP contribution in [-0.2, 0) is 11.3 Å². The summed E-state index contributed by atoms with van der Waals surface area (Å²) in [6, 6.07) is 3.69. The molecule has 0 amide bonds. The smallest absolute Gasteiger partial charge is 0.186 e. The van der Waals surface area contributed by atoms with E-state index in [9.17, 15) is 0 Å². The Morgan fingerprint density at radius 1 is 1.47 bits per heavy atom. The molecule has 1 aromatic rings. The van der Waals surface area contributed by atoms with E-state index < -0.39 is 0 Å². The lowest BCUT2D eigenvalue weighted by Crippen LogP contribution is -2.13. The maximum atomic E-state index is 5.68. The molecule has 0 aliphatic carbocycles. The lowest BCUT2D eigenvalue weighted by Gasteiger charge is -2.05. The van der Waals surface area contributed by atoms with Crippen molar-refractivity contribution >= 4 is 28.9 Å². The summed E-state index contributed by atoms with van der Waals surface area (Å²) in [6.07, 6.45) is 3.56. The van der Waals surface area contributed by atoms with Crippen molar-refractivity contribution in [2.45, 2.75) is 20.4 Å². The van der Waals surface area contributed by atoms with Crippen LogP contribution in [0.25, 0.3) is 0 Å². The Balaban J connectivity index is 0.000000686. The van der Waals surface area contributed by atoms with Gasteiger partial charge in [0.25, 0.3) is 0 Å². The third-order valence-corrected chi connectivity index (χ3v) is 2.43. The van der Waals surface area contributed by atoms with E-state index in [0.29, 0.717) is 23.4 Å². The van der Waals surface area contributed by atoms with Gasteiger partial charge in [-0.25, -0.2) is 4.98 Å². The first kappa shape index (κ1) is 13.9. The van der Waals surface area contributed by atoms with Gasteiger partial charge in [0.1, 0.15) is 11.8 Å². The first-order chi connectivity index (χ1) is 8.24. The topological polar surface area (TPSA) is 34.2 Å². The van der Waals surface area contributed by atoms with Crippen molar-refractivity contribution in [3.63, 3.8) is 0 Å². The van der Waals surface area contributed by atoms with Gasteiger partial charge >= 0.3 is 0 Å². The van der Waals surface area contributed by atoms with E-state index in [2.05, 4.69) is 10.3 Å². The number of rotatable bonds is 3. The zero-order chi connectivity index (χ0) is 12.7. The number of thiocarbonyl (C=S) groups is 1. The SMILES string of the molecule is CC.S=C1C=C(NCc2ccc(Cl)nc2)CO1. The highest BCUT2D eigenvalue weighted by atomic mass is 35.5. The summed E-state index contributed by atoms with van der Waals surface area (Å²) in [7, 11) is 0. The highest BCUT2D eigenvalue weighted by Gasteiger charge is 2.08. The van der Waals surface area contributed by atoms with Gasteiger partial charge in [0, 0.05) is 18.8 Å². The molecule has 2 heterocycles. The predicted molar refractivity (Wildman–Crippen MR) is 74.1 cm³/mol. The average Bonchev–Trinajstić information content (AvgIpc) is 2.77. The van der Waals surface area contributed by atoms with Crippen LogP contribution in [0.4, 0.5) is 0 Å². The maximum Gasteiger partial charge on any atom is 0.186 e. The standard InChI is InChI=1S/C10H9ClN2OS.C2H6/c11-9-2-1-7(5-13-9)4-12-8-3-10(15)14-6-8;1-2/h1-3,5,12H,4,6H2;1-2H3. The van der Waals surface area contributed by atoms with Crippen molar-refractivity contribution < 1.29 is 4.74 Å². The van der Waals surface area contributed by atoms with Gasteiger partial charge in [0.2, 0.25) is 0 Å². The molecule has 0 saturated heterocycles. The third kappa shape index (κ3) is 4.71. The Labute approximate surface area is 112 Å². The van der Waals surface area contributed by atoms with Crippen LogP contribution in [0, 0.1) is 0 Å². The Kier molecular flexibility index (Phi) is 5.94. The highest BCUT2D eigenvalue weighted by Crippen LogP contribution is 2.08. The number of ether oxygens (including phenoxy) is 1. The summed E-state index contributed by atoms with van der Waals surface area (Å²) < 4.78 is 5.11. The summed E-state index contributed by atoms with van der Waals surface area (Å²) >= 11 is 10.6. The molecule has 0 bridgehead atoms. The molecule has 1 aliphatic rings. The molecule has 0 spiro atoms. The predicted octanol–water partition coefficient (Wildman–Crippen LogP) is 3.09. The number of aromatic nitrogens is 1. The van der Waals surface area contributed by atoms with Crippen molar-refractivity contribution in [3.05, 3.63) is 40.8 Å². The fraction of sp³-hybridized carbons (Fsp3) is 0.333. The van der Waals surface area contributed by atoms with Gasteiger partial charge in [-0.2, -0.15) is 0 Å². The fourth-order valence-electron chi connectivity index (χ4n) is 1.20. The molecule has 1 aromatic heterocycles. The van der Waals surface area contributed by atoms with Crippen LogP contribution in [0.15, 0.2) is 30.1 Å². The second-order valence-electron chi connectivity index (χ2n) is 3.12. The van der Waals surface area contributed by atoms with Gasteiger partial charge in [-0.1, -0.05) is 31.5 Å². The number of hydrogen-bond acceptors (Lipinski definition) is 4. The lowest BCUT2D eigenvalue weighted by atomic mass is 10.3. The van der Waals surface area contributed by atoms with Gasteiger partial charge < -0.3 is 10.1 Å². The number of pyridine rings is 1. The Morgan fingerprint density at radius 2 is 2.24 bits per heavy atom. The quantitative estimate of drug-likeness (QED) is 0.676. The normalized spacial score (nSPS) is 13.4. The molecule has 5 heteroatoms. The van der Waals surface area contributed by atoms with E-state index in [4.69, 9.17) is 28.6 Å².